The minimum Gasteiger partial charge on any atom is -0.289 e. The second kappa shape index (κ2) is 5.38. The van der Waals surface area contributed by atoms with Crippen molar-refractivity contribution in [2.24, 2.45) is 0 Å². The zero-order valence-electron chi connectivity index (χ0n) is 7.85. The molecular formula is C11H15NO. The van der Waals surface area contributed by atoms with Gasteiger partial charge in [0.2, 0.25) is 0 Å². The lowest BCUT2D eigenvalue weighted by Gasteiger charge is -2.11. The lowest BCUT2D eigenvalue weighted by Crippen LogP contribution is -2.10. The average Bonchev–Trinajstić information content (AvgIpc) is 2.16. The first-order chi connectivity index (χ1) is 6.33. The Balaban J connectivity index is 2.45. The smallest absolute Gasteiger partial charge is 0.0696 e. The summed E-state index contributed by atoms with van der Waals surface area (Å²) < 4.78 is 0. The van der Waals surface area contributed by atoms with Crippen LogP contribution in [0.25, 0.3) is 0 Å². The second-order valence-corrected chi connectivity index (χ2v) is 2.88. The number of hydrogen-bond acceptors (Lipinski definition) is 2. The van der Waals surface area contributed by atoms with Crippen molar-refractivity contribution in [2.45, 2.75) is 19.9 Å². The minimum absolute atomic E-state index is 0.539. The normalized spacial score (nSPS) is 10.6. The molecule has 0 spiro atoms. The largest absolute Gasteiger partial charge is 0.289 e. The molecule has 0 heterocycles. The van der Waals surface area contributed by atoms with Crippen LogP contribution < -0.4 is 0 Å². The molecule has 1 rings (SSSR count). The molecule has 2 heteroatoms. The molecule has 0 atom stereocenters. The first kappa shape index (κ1) is 9.81. The third-order valence-corrected chi connectivity index (χ3v) is 1.70. The molecule has 1 N–H and O–H groups in total. The topological polar surface area (TPSA) is 23.5 Å². The Bertz CT molecular complexity index is 256. The first-order valence-electron chi connectivity index (χ1n) is 4.49. The van der Waals surface area contributed by atoms with Crippen molar-refractivity contribution in [2.75, 3.05) is 0 Å². The van der Waals surface area contributed by atoms with Gasteiger partial charge in [-0.05, 0) is 12.0 Å². The zero-order chi connectivity index (χ0) is 9.52. The molecule has 0 aliphatic carbocycles. The Morgan fingerprint density at radius 2 is 2.00 bits per heavy atom. The van der Waals surface area contributed by atoms with E-state index in [2.05, 4.69) is 0 Å². The highest BCUT2D eigenvalue weighted by Crippen LogP contribution is 2.02. The van der Waals surface area contributed by atoms with Crippen molar-refractivity contribution in [3.8, 4) is 0 Å². The fourth-order valence-electron chi connectivity index (χ4n) is 1.05. The lowest BCUT2D eigenvalue weighted by molar-refractivity contribution is -0.0493. The van der Waals surface area contributed by atoms with Crippen LogP contribution in [0.15, 0.2) is 42.6 Å². The predicted molar refractivity (Wildman–Crippen MR) is 53.2 cm³/mol. The van der Waals surface area contributed by atoms with E-state index in [0.29, 0.717) is 6.54 Å². The molecule has 0 unspecified atom stereocenters. The minimum atomic E-state index is 0.539. The van der Waals surface area contributed by atoms with E-state index in [1.807, 2.05) is 43.3 Å². The van der Waals surface area contributed by atoms with Gasteiger partial charge in [0.15, 0.2) is 0 Å². The van der Waals surface area contributed by atoms with Crippen LogP contribution in [0.3, 0.4) is 0 Å². The van der Waals surface area contributed by atoms with E-state index in [0.717, 1.165) is 12.0 Å². The number of hydroxylamine groups is 2. The highest BCUT2D eigenvalue weighted by Gasteiger charge is 1.94. The quantitative estimate of drug-likeness (QED) is 0.715. The molecule has 0 aromatic heterocycles. The molecule has 0 aliphatic rings. The maximum absolute atomic E-state index is 9.38. The monoisotopic (exact) mass is 177 g/mol. The van der Waals surface area contributed by atoms with Gasteiger partial charge >= 0.3 is 0 Å². The summed E-state index contributed by atoms with van der Waals surface area (Å²) in [5, 5.41) is 10.6. The fourth-order valence-corrected chi connectivity index (χ4v) is 1.05. The molecule has 0 radical (unpaired) electrons. The van der Waals surface area contributed by atoms with Gasteiger partial charge in [-0.25, -0.2) is 0 Å². The predicted octanol–water partition coefficient (Wildman–Crippen LogP) is 2.80. The summed E-state index contributed by atoms with van der Waals surface area (Å²) >= 11 is 0. The number of rotatable bonds is 4. The van der Waals surface area contributed by atoms with Gasteiger partial charge in [0, 0.05) is 6.20 Å². The number of hydrogen-bond donors (Lipinski definition) is 1. The SMILES string of the molecule is CCC=CN(O)Cc1ccccc1. The Labute approximate surface area is 79.1 Å². The van der Waals surface area contributed by atoms with Gasteiger partial charge in [0.25, 0.3) is 0 Å². The number of allylic oxidation sites excluding steroid dienone is 1. The average molecular weight is 177 g/mol. The van der Waals surface area contributed by atoms with Gasteiger partial charge in [-0.2, -0.15) is 0 Å². The van der Waals surface area contributed by atoms with Gasteiger partial charge in [-0.15, -0.1) is 0 Å². The highest BCUT2D eigenvalue weighted by atomic mass is 16.5. The summed E-state index contributed by atoms with van der Waals surface area (Å²) in [6.45, 7) is 2.57. The van der Waals surface area contributed by atoms with Crippen molar-refractivity contribution in [3.05, 3.63) is 48.2 Å². The molecule has 0 bridgehead atoms. The van der Waals surface area contributed by atoms with E-state index in [1.165, 1.54) is 5.06 Å². The molecule has 0 aliphatic heterocycles. The van der Waals surface area contributed by atoms with Crippen molar-refractivity contribution in [1.29, 1.82) is 0 Å². The third kappa shape index (κ3) is 3.76. The van der Waals surface area contributed by atoms with Crippen molar-refractivity contribution in [3.63, 3.8) is 0 Å². The second-order valence-electron chi connectivity index (χ2n) is 2.88. The third-order valence-electron chi connectivity index (χ3n) is 1.70. The zero-order valence-corrected chi connectivity index (χ0v) is 7.85. The number of nitrogens with zero attached hydrogens (tertiary/aromatic N) is 1. The van der Waals surface area contributed by atoms with Crippen LogP contribution in [0.5, 0.6) is 0 Å². The molecule has 13 heavy (non-hydrogen) atoms. The summed E-state index contributed by atoms with van der Waals surface area (Å²) in [6.07, 6.45) is 4.54. The van der Waals surface area contributed by atoms with Crippen LogP contribution in [0.1, 0.15) is 18.9 Å². The Kier molecular flexibility index (Phi) is 4.06. The Hall–Kier alpha value is -1.28. The standard InChI is InChI=1S/C11H15NO/c1-2-3-9-12(13)10-11-7-5-4-6-8-11/h3-9,13H,2,10H2,1H3. The maximum Gasteiger partial charge on any atom is 0.0696 e. The molecule has 70 valence electrons. The summed E-state index contributed by atoms with van der Waals surface area (Å²) in [4.78, 5) is 0. The fraction of sp³-hybridized carbons (Fsp3) is 0.273. The molecule has 2 nitrogen and oxygen atoms in total. The van der Waals surface area contributed by atoms with Gasteiger partial charge < -0.3 is 0 Å². The molecule has 1 aromatic carbocycles. The molecule has 0 fully saturated rings. The van der Waals surface area contributed by atoms with Gasteiger partial charge in [-0.1, -0.05) is 43.3 Å². The van der Waals surface area contributed by atoms with E-state index in [-0.39, 0.29) is 0 Å². The van der Waals surface area contributed by atoms with Crippen LogP contribution in [-0.4, -0.2) is 10.3 Å². The van der Waals surface area contributed by atoms with Crippen LogP contribution >= 0.6 is 0 Å². The van der Waals surface area contributed by atoms with Crippen LogP contribution in [0.4, 0.5) is 0 Å². The van der Waals surface area contributed by atoms with Crippen molar-refractivity contribution >= 4 is 0 Å². The Morgan fingerprint density at radius 1 is 1.31 bits per heavy atom. The summed E-state index contributed by atoms with van der Waals surface area (Å²) in [7, 11) is 0. The van der Waals surface area contributed by atoms with Crippen LogP contribution in [0.2, 0.25) is 0 Å². The van der Waals surface area contributed by atoms with Crippen LogP contribution in [0, 0.1) is 0 Å². The van der Waals surface area contributed by atoms with Gasteiger partial charge in [0.1, 0.15) is 0 Å². The van der Waals surface area contributed by atoms with E-state index >= 15 is 0 Å². The van der Waals surface area contributed by atoms with E-state index in [9.17, 15) is 5.21 Å². The van der Waals surface area contributed by atoms with Crippen molar-refractivity contribution in [1.82, 2.24) is 5.06 Å². The lowest BCUT2D eigenvalue weighted by atomic mass is 10.2. The summed E-state index contributed by atoms with van der Waals surface area (Å²) in [6, 6.07) is 9.87. The molecule has 1 aromatic rings. The molecule has 0 saturated carbocycles. The van der Waals surface area contributed by atoms with Gasteiger partial charge in [0.05, 0.1) is 6.54 Å². The Morgan fingerprint density at radius 3 is 2.62 bits per heavy atom. The molecule has 0 saturated heterocycles. The van der Waals surface area contributed by atoms with Gasteiger partial charge in [-0.3, -0.25) is 10.3 Å². The van der Waals surface area contributed by atoms with E-state index in [4.69, 9.17) is 0 Å². The maximum atomic E-state index is 9.38. The summed E-state index contributed by atoms with van der Waals surface area (Å²) in [5.41, 5.74) is 1.10. The van der Waals surface area contributed by atoms with Crippen LogP contribution in [-0.2, 0) is 6.54 Å². The highest BCUT2D eigenvalue weighted by molar-refractivity contribution is 5.14. The number of benzene rings is 1. The van der Waals surface area contributed by atoms with E-state index in [1.54, 1.807) is 6.20 Å². The molecular weight excluding hydrogens is 162 g/mol. The first-order valence-corrected chi connectivity index (χ1v) is 4.49. The van der Waals surface area contributed by atoms with Crippen molar-refractivity contribution < 1.29 is 5.21 Å². The molecule has 0 amide bonds. The summed E-state index contributed by atoms with van der Waals surface area (Å²) in [5.74, 6) is 0. The van der Waals surface area contributed by atoms with E-state index < -0.39 is 0 Å².